The smallest absolute Gasteiger partial charge is 0.242 e. The Bertz CT molecular complexity index is 849. The molecule has 0 radical (unpaired) electrons. The number of amides is 2. The lowest BCUT2D eigenvalue weighted by atomic mass is 10.1. The molecule has 2 aromatic rings. The highest BCUT2D eigenvalue weighted by atomic mass is 32.2. The van der Waals surface area contributed by atoms with E-state index in [1.54, 1.807) is 16.7 Å². The molecule has 1 unspecified atom stereocenters. The molecule has 31 heavy (non-hydrogen) atoms. The van der Waals surface area contributed by atoms with Crippen molar-refractivity contribution in [3.8, 4) is 0 Å². The van der Waals surface area contributed by atoms with Crippen LogP contribution in [0.2, 0.25) is 0 Å². The van der Waals surface area contributed by atoms with Gasteiger partial charge in [-0.2, -0.15) is 0 Å². The first-order valence-corrected chi connectivity index (χ1v) is 12.5. The molecule has 0 saturated heterocycles. The summed E-state index contributed by atoms with van der Waals surface area (Å²) in [4.78, 5) is 27.8. The van der Waals surface area contributed by atoms with Gasteiger partial charge in [-0.15, -0.1) is 11.8 Å². The van der Waals surface area contributed by atoms with Crippen molar-refractivity contribution in [2.75, 3.05) is 12.3 Å². The fourth-order valence-electron chi connectivity index (χ4n) is 4.07. The lowest BCUT2D eigenvalue weighted by Gasteiger charge is -2.29. The van der Waals surface area contributed by atoms with E-state index in [0.29, 0.717) is 12.3 Å². The molecule has 2 aromatic carbocycles. The summed E-state index contributed by atoms with van der Waals surface area (Å²) in [6.45, 7) is 4.51. The largest absolute Gasteiger partial charge is 0.352 e. The molecule has 3 rings (SSSR count). The number of aryl methyl sites for hydroxylation is 1. The number of carbonyl (C=O) groups excluding carboxylic acids is 2. The van der Waals surface area contributed by atoms with Gasteiger partial charge < -0.3 is 10.2 Å². The molecule has 1 fully saturated rings. The van der Waals surface area contributed by atoms with E-state index in [4.69, 9.17) is 0 Å². The molecular weight excluding hydrogens is 404 g/mol. The standard InChI is InChI=1S/C26H34N2O2S/c1-20-10-6-7-13-23(20)18-31-19-25(29)28(17-16-22-11-4-3-5-12-22)21(2)26(30)27-24-14-8-9-15-24/h3-7,10-13,21,24H,8-9,14-19H2,1-2H3,(H,27,30). The SMILES string of the molecule is Cc1ccccc1CSCC(=O)N(CCc1ccccc1)C(C)C(=O)NC1CCCC1. The van der Waals surface area contributed by atoms with Crippen LogP contribution in [-0.4, -0.2) is 41.1 Å². The minimum Gasteiger partial charge on any atom is -0.352 e. The molecule has 1 atom stereocenters. The van der Waals surface area contributed by atoms with Crippen molar-refractivity contribution in [2.45, 2.75) is 63.8 Å². The molecule has 0 spiro atoms. The predicted molar refractivity (Wildman–Crippen MR) is 129 cm³/mol. The van der Waals surface area contributed by atoms with Crippen molar-refractivity contribution in [2.24, 2.45) is 0 Å². The summed E-state index contributed by atoms with van der Waals surface area (Å²) in [6.07, 6.45) is 5.18. The van der Waals surface area contributed by atoms with Crippen LogP contribution in [0.25, 0.3) is 0 Å². The molecule has 1 aliphatic rings. The summed E-state index contributed by atoms with van der Waals surface area (Å²) in [6, 6.07) is 18.2. The molecule has 1 aliphatic carbocycles. The highest BCUT2D eigenvalue weighted by molar-refractivity contribution is 7.99. The van der Waals surface area contributed by atoms with Crippen LogP contribution < -0.4 is 5.32 Å². The number of nitrogens with zero attached hydrogens (tertiary/aromatic N) is 1. The first kappa shape index (κ1) is 23.4. The summed E-state index contributed by atoms with van der Waals surface area (Å²) >= 11 is 1.62. The number of benzene rings is 2. The lowest BCUT2D eigenvalue weighted by Crippen LogP contribution is -2.51. The topological polar surface area (TPSA) is 49.4 Å². The Hall–Kier alpha value is -2.27. The van der Waals surface area contributed by atoms with E-state index < -0.39 is 6.04 Å². The van der Waals surface area contributed by atoms with Gasteiger partial charge in [0, 0.05) is 18.3 Å². The van der Waals surface area contributed by atoms with Crippen LogP contribution in [0.3, 0.4) is 0 Å². The lowest BCUT2D eigenvalue weighted by molar-refractivity contribution is -0.138. The predicted octanol–water partition coefficient (Wildman–Crippen LogP) is 4.75. The van der Waals surface area contributed by atoms with Crippen molar-refractivity contribution >= 4 is 23.6 Å². The Morgan fingerprint density at radius 2 is 1.74 bits per heavy atom. The normalized spacial score (nSPS) is 14.9. The number of nitrogens with one attached hydrogen (secondary N) is 1. The second-order valence-corrected chi connectivity index (χ2v) is 9.39. The third kappa shape index (κ3) is 7.13. The second-order valence-electron chi connectivity index (χ2n) is 8.41. The Labute approximate surface area is 190 Å². The summed E-state index contributed by atoms with van der Waals surface area (Å²) in [5.41, 5.74) is 3.67. The summed E-state index contributed by atoms with van der Waals surface area (Å²) in [7, 11) is 0. The van der Waals surface area contributed by atoms with E-state index in [0.717, 1.165) is 25.0 Å². The Kier molecular flexibility index (Phi) is 9.01. The molecule has 0 aromatic heterocycles. The van der Waals surface area contributed by atoms with Gasteiger partial charge in [-0.25, -0.2) is 0 Å². The van der Waals surface area contributed by atoms with E-state index in [1.165, 1.54) is 29.5 Å². The number of hydrogen-bond acceptors (Lipinski definition) is 3. The molecule has 2 amide bonds. The first-order chi connectivity index (χ1) is 15.0. The van der Waals surface area contributed by atoms with Crippen LogP contribution in [0.4, 0.5) is 0 Å². The zero-order valence-corrected chi connectivity index (χ0v) is 19.5. The van der Waals surface area contributed by atoms with Crippen LogP contribution in [-0.2, 0) is 21.8 Å². The van der Waals surface area contributed by atoms with Gasteiger partial charge in [-0.3, -0.25) is 9.59 Å². The maximum Gasteiger partial charge on any atom is 0.242 e. The minimum atomic E-state index is -0.462. The van der Waals surface area contributed by atoms with Crippen molar-refractivity contribution in [1.29, 1.82) is 0 Å². The van der Waals surface area contributed by atoms with Crippen molar-refractivity contribution < 1.29 is 9.59 Å². The molecule has 5 heteroatoms. The van der Waals surface area contributed by atoms with E-state index in [-0.39, 0.29) is 17.9 Å². The minimum absolute atomic E-state index is 0.0304. The highest BCUT2D eigenvalue weighted by Gasteiger charge is 2.28. The van der Waals surface area contributed by atoms with Crippen molar-refractivity contribution in [3.05, 3.63) is 71.3 Å². The van der Waals surface area contributed by atoms with Gasteiger partial charge in [0.25, 0.3) is 0 Å². The molecular formula is C26H34N2O2S. The van der Waals surface area contributed by atoms with Gasteiger partial charge in [0.1, 0.15) is 6.04 Å². The molecule has 0 heterocycles. The fraction of sp³-hybridized carbons (Fsp3) is 0.462. The fourth-order valence-corrected chi connectivity index (χ4v) is 5.05. The van der Waals surface area contributed by atoms with Gasteiger partial charge in [-0.05, 0) is 49.8 Å². The maximum atomic E-state index is 13.1. The zero-order valence-electron chi connectivity index (χ0n) is 18.7. The highest BCUT2D eigenvalue weighted by Crippen LogP contribution is 2.19. The van der Waals surface area contributed by atoms with Crippen LogP contribution >= 0.6 is 11.8 Å². The van der Waals surface area contributed by atoms with E-state index in [2.05, 4.69) is 36.5 Å². The monoisotopic (exact) mass is 438 g/mol. The maximum absolute atomic E-state index is 13.1. The number of hydrogen-bond donors (Lipinski definition) is 1. The average Bonchev–Trinajstić information content (AvgIpc) is 3.29. The van der Waals surface area contributed by atoms with Crippen LogP contribution in [0.1, 0.15) is 49.3 Å². The molecule has 1 saturated carbocycles. The Morgan fingerprint density at radius 1 is 1.06 bits per heavy atom. The second kappa shape index (κ2) is 11.9. The van der Waals surface area contributed by atoms with Gasteiger partial charge in [-0.1, -0.05) is 67.4 Å². The van der Waals surface area contributed by atoms with E-state index >= 15 is 0 Å². The zero-order chi connectivity index (χ0) is 22.1. The van der Waals surface area contributed by atoms with Crippen LogP contribution in [0.15, 0.2) is 54.6 Å². The van der Waals surface area contributed by atoms with Crippen LogP contribution in [0, 0.1) is 6.92 Å². The molecule has 4 nitrogen and oxygen atoms in total. The van der Waals surface area contributed by atoms with Crippen LogP contribution in [0.5, 0.6) is 0 Å². The Morgan fingerprint density at radius 3 is 2.45 bits per heavy atom. The summed E-state index contributed by atoms with van der Waals surface area (Å²) in [5, 5.41) is 3.16. The van der Waals surface area contributed by atoms with E-state index in [1.807, 2.05) is 37.3 Å². The number of carbonyl (C=O) groups is 2. The van der Waals surface area contributed by atoms with Gasteiger partial charge in [0.15, 0.2) is 0 Å². The Balaban J connectivity index is 1.60. The third-order valence-electron chi connectivity index (χ3n) is 6.10. The third-order valence-corrected chi connectivity index (χ3v) is 7.06. The molecule has 1 N–H and O–H groups in total. The van der Waals surface area contributed by atoms with E-state index in [9.17, 15) is 9.59 Å². The van der Waals surface area contributed by atoms with Crippen molar-refractivity contribution in [1.82, 2.24) is 10.2 Å². The van der Waals surface area contributed by atoms with Gasteiger partial charge in [0.2, 0.25) is 11.8 Å². The van der Waals surface area contributed by atoms with Gasteiger partial charge in [0.05, 0.1) is 5.75 Å². The molecule has 0 aliphatic heterocycles. The number of rotatable bonds is 10. The number of thioether (sulfide) groups is 1. The average molecular weight is 439 g/mol. The van der Waals surface area contributed by atoms with Crippen molar-refractivity contribution in [3.63, 3.8) is 0 Å². The summed E-state index contributed by atoms with van der Waals surface area (Å²) in [5.74, 6) is 1.18. The molecule has 0 bridgehead atoms. The molecule has 166 valence electrons. The first-order valence-electron chi connectivity index (χ1n) is 11.3. The quantitative estimate of drug-likeness (QED) is 0.583. The van der Waals surface area contributed by atoms with Gasteiger partial charge >= 0.3 is 0 Å². The summed E-state index contributed by atoms with van der Waals surface area (Å²) < 4.78 is 0.